The second kappa shape index (κ2) is 6.51. The first-order chi connectivity index (χ1) is 9.07. The molecule has 0 aliphatic rings. The molecule has 0 radical (unpaired) electrons. The Morgan fingerprint density at radius 2 is 1.35 bits per heavy atom. The number of hydrogen-bond acceptors (Lipinski definition) is 1. The van der Waals surface area contributed by atoms with Crippen LogP contribution in [0.2, 0.25) is 0 Å². The minimum Gasteiger partial charge on any atom is -0.507 e. The first-order valence-electron chi connectivity index (χ1n) is 7.50. The highest BCUT2D eigenvalue weighted by molar-refractivity contribution is 9.09. The van der Waals surface area contributed by atoms with Gasteiger partial charge in [0, 0.05) is 5.33 Å². The van der Waals surface area contributed by atoms with Crippen molar-refractivity contribution in [1.29, 1.82) is 0 Å². The molecule has 1 aromatic rings. The van der Waals surface area contributed by atoms with E-state index >= 15 is 0 Å². The van der Waals surface area contributed by atoms with Crippen molar-refractivity contribution >= 4 is 15.9 Å². The number of aromatic hydroxyl groups is 1. The van der Waals surface area contributed by atoms with Crippen LogP contribution in [0.4, 0.5) is 0 Å². The standard InChI is InChI=1S/C18H29BrO/c1-17(2,3)14-11-13(9-7-8-10-19)12-15(16(14)20)18(4,5)6/h11-12,20H,7-10H2,1-6H3. The Kier molecular flexibility index (Phi) is 5.71. The second-order valence-corrected chi connectivity index (χ2v) is 8.48. The molecule has 0 aliphatic carbocycles. The third-order valence-corrected chi connectivity index (χ3v) is 4.20. The van der Waals surface area contributed by atoms with Gasteiger partial charge < -0.3 is 5.11 Å². The molecule has 1 N–H and O–H groups in total. The van der Waals surface area contributed by atoms with E-state index in [0.29, 0.717) is 5.75 Å². The van der Waals surface area contributed by atoms with Crippen molar-refractivity contribution in [3.8, 4) is 5.75 Å². The van der Waals surface area contributed by atoms with Crippen LogP contribution in [0, 0.1) is 0 Å². The Morgan fingerprint density at radius 1 is 0.900 bits per heavy atom. The van der Waals surface area contributed by atoms with E-state index in [2.05, 4.69) is 69.6 Å². The van der Waals surface area contributed by atoms with Crippen LogP contribution in [0.5, 0.6) is 5.75 Å². The van der Waals surface area contributed by atoms with Gasteiger partial charge in [-0.25, -0.2) is 0 Å². The SMILES string of the molecule is CC(C)(C)c1cc(CCCCBr)cc(C(C)(C)C)c1O. The maximum absolute atomic E-state index is 10.6. The maximum Gasteiger partial charge on any atom is 0.123 e. The van der Waals surface area contributed by atoms with Crippen LogP contribution in [0.25, 0.3) is 0 Å². The van der Waals surface area contributed by atoms with Gasteiger partial charge in [0.2, 0.25) is 0 Å². The van der Waals surface area contributed by atoms with Crippen molar-refractivity contribution < 1.29 is 5.11 Å². The zero-order chi connectivity index (χ0) is 15.6. The monoisotopic (exact) mass is 340 g/mol. The first kappa shape index (κ1) is 17.6. The summed E-state index contributed by atoms with van der Waals surface area (Å²) in [6.45, 7) is 13.0. The van der Waals surface area contributed by atoms with Crippen LogP contribution in [0.15, 0.2) is 12.1 Å². The van der Waals surface area contributed by atoms with Crippen molar-refractivity contribution in [1.82, 2.24) is 0 Å². The Hall–Kier alpha value is -0.500. The fraction of sp³-hybridized carbons (Fsp3) is 0.667. The predicted molar refractivity (Wildman–Crippen MR) is 92.2 cm³/mol. The number of rotatable bonds is 4. The smallest absolute Gasteiger partial charge is 0.123 e. The van der Waals surface area contributed by atoms with Crippen LogP contribution in [-0.2, 0) is 17.3 Å². The number of halogens is 1. The minimum atomic E-state index is -0.0322. The summed E-state index contributed by atoms with van der Waals surface area (Å²) in [6, 6.07) is 4.39. The molecule has 1 rings (SSSR count). The van der Waals surface area contributed by atoms with Gasteiger partial charge in [-0.3, -0.25) is 0 Å². The van der Waals surface area contributed by atoms with Gasteiger partial charge in [-0.05, 0) is 46.8 Å². The molecule has 0 heterocycles. The zero-order valence-electron chi connectivity index (χ0n) is 13.8. The number of phenols is 1. The molecule has 2 heteroatoms. The Morgan fingerprint density at radius 3 is 1.70 bits per heavy atom. The van der Waals surface area contributed by atoms with Crippen molar-refractivity contribution in [2.24, 2.45) is 0 Å². The quantitative estimate of drug-likeness (QED) is 0.550. The molecule has 20 heavy (non-hydrogen) atoms. The van der Waals surface area contributed by atoms with Crippen LogP contribution < -0.4 is 0 Å². The molecular formula is C18H29BrO. The average molecular weight is 341 g/mol. The van der Waals surface area contributed by atoms with Crippen LogP contribution >= 0.6 is 15.9 Å². The molecule has 114 valence electrons. The van der Waals surface area contributed by atoms with Crippen molar-refractivity contribution in [3.63, 3.8) is 0 Å². The average Bonchev–Trinajstić information content (AvgIpc) is 2.28. The molecule has 0 saturated carbocycles. The van der Waals surface area contributed by atoms with Crippen molar-refractivity contribution in [3.05, 3.63) is 28.8 Å². The number of unbranched alkanes of at least 4 members (excludes halogenated alkanes) is 1. The van der Waals surface area contributed by atoms with Gasteiger partial charge in [-0.2, -0.15) is 0 Å². The van der Waals surface area contributed by atoms with Crippen molar-refractivity contribution in [2.45, 2.75) is 71.6 Å². The van der Waals surface area contributed by atoms with Gasteiger partial charge in [0.05, 0.1) is 0 Å². The van der Waals surface area contributed by atoms with E-state index in [9.17, 15) is 5.11 Å². The largest absolute Gasteiger partial charge is 0.507 e. The molecule has 1 aromatic carbocycles. The molecule has 0 bridgehead atoms. The molecule has 0 aliphatic heterocycles. The predicted octanol–water partition coefficient (Wildman–Crippen LogP) is 5.70. The third kappa shape index (κ3) is 4.51. The van der Waals surface area contributed by atoms with E-state index in [1.54, 1.807) is 0 Å². The number of hydrogen-bond donors (Lipinski definition) is 1. The van der Waals surface area contributed by atoms with Gasteiger partial charge in [0.1, 0.15) is 5.75 Å². The normalized spacial score (nSPS) is 12.8. The molecule has 0 unspecified atom stereocenters. The lowest BCUT2D eigenvalue weighted by atomic mass is 9.78. The lowest BCUT2D eigenvalue weighted by Gasteiger charge is -2.28. The number of aryl methyl sites for hydroxylation is 1. The van der Waals surface area contributed by atoms with Gasteiger partial charge in [-0.1, -0.05) is 69.6 Å². The van der Waals surface area contributed by atoms with E-state index in [4.69, 9.17) is 0 Å². The van der Waals surface area contributed by atoms with E-state index in [1.807, 2.05) is 0 Å². The highest BCUT2D eigenvalue weighted by Crippen LogP contribution is 2.39. The van der Waals surface area contributed by atoms with E-state index < -0.39 is 0 Å². The highest BCUT2D eigenvalue weighted by atomic mass is 79.9. The molecule has 0 fully saturated rings. The zero-order valence-corrected chi connectivity index (χ0v) is 15.4. The summed E-state index contributed by atoms with van der Waals surface area (Å²) in [4.78, 5) is 0. The van der Waals surface area contributed by atoms with E-state index in [0.717, 1.165) is 22.9 Å². The summed E-state index contributed by atoms with van der Waals surface area (Å²) in [5.74, 6) is 0.481. The van der Waals surface area contributed by atoms with E-state index in [1.165, 1.54) is 18.4 Å². The van der Waals surface area contributed by atoms with Crippen LogP contribution in [0.1, 0.15) is 71.1 Å². The molecule has 0 atom stereocenters. The maximum atomic E-state index is 10.6. The third-order valence-electron chi connectivity index (χ3n) is 3.63. The Bertz CT molecular complexity index is 414. The highest BCUT2D eigenvalue weighted by Gasteiger charge is 2.26. The second-order valence-electron chi connectivity index (χ2n) is 7.69. The topological polar surface area (TPSA) is 20.2 Å². The fourth-order valence-electron chi connectivity index (χ4n) is 2.41. The summed E-state index contributed by atoms with van der Waals surface area (Å²) in [7, 11) is 0. The molecule has 0 aromatic heterocycles. The summed E-state index contributed by atoms with van der Waals surface area (Å²) in [6.07, 6.45) is 3.46. The summed E-state index contributed by atoms with van der Waals surface area (Å²) < 4.78 is 0. The molecule has 0 spiro atoms. The lowest BCUT2D eigenvalue weighted by molar-refractivity contribution is 0.422. The lowest BCUT2D eigenvalue weighted by Crippen LogP contribution is -2.18. The van der Waals surface area contributed by atoms with Gasteiger partial charge in [0.15, 0.2) is 0 Å². The van der Waals surface area contributed by atoms with Gasteiger partial charge in [0.25, 0.3) is 0 Å². The van der Waals surface area contributed by atoms with Gasteiger partial charge >= 0.3 is 0 Å². The number of alkyl halides is 1. The first-order valence-corrected chi connectivity index (χ1v) is 8.62. The van der Waals surface area contributed by atoms with Crippen LogP contribution in [-0.4, -0.2) is 10.4 Å². The summed E-state index contributed by atoms with van der Waals surface area (Å²) in [5.41, 5.74) is 3.42. The van der Waals surface area contributed by atoms with Crippen molar-refractivity contribution in [2.75, 3.05) is 5.33 Å². The number of benzene rings is 1. The van der Waals surface area contributed by atoms with E-state index in [-0.39, 0.29) is 10.8 Å². The molecule has 1 nitrogen and oxygen atoms in total. The Balaban J connectivity index is 3.28. The molecular weight excluding hydrogens is 312 g/mol. The molecule has 0 saturated heterocycles. The summed E-state index contributed by atoms with van der Waals surface area (Å²) in [5, 5.41) is 11.7. The number of phenolic OH excluding ortho intramolecular Hbond substituents is 1. The molecule has 0 amide bonds. The minimum absolute atomic E-state index is 0.0322. The fourth-order valence-corrected chi connectivity index (χ4v) is 2.80. The van der Waals surface area contributed by atoms with Gasteiger partial charge in [-0.15, -0.1) is 0 Å². The summed E-state index contributed by atoms with van der Waals surface area (Å²) >= 11 is 3.49. The Labute approximate surface area is 132 Å². The van der Waals surface area contributed by atoms with Crippen LogP contribution in [0.3, 0.4) is 0 Å².